The van der Waals surface area contributed by atoms with E-state index >= 15 is 0 Å². The highest BCUT2D eigenvalue weighted by molar-refractivity contribution is 5.71. The summed E-state index contributed by atoms with van der Waals surface area (Å²) in [6.45, 7) is 13.3. The summed E-state index contributed by atoms with van der Waals surface area (Å²) in [7, 11) is 0. The molecule has 5 nitrogen and oxygen atoms in total. The van der Waals surface area contributed by atoms with Crippen molar-refractivity contribution in [3.05, 3.63) is 52.6 Å². The first-order valence-electron chi connectivity index (χ1n) is 12.5. The van der Waals surface area contributed by atoms with Gasteiger partial charge in [0.2, 0.25) is 0 Å². The molecule has 0 spiro atoms. The van der Waals surface area contributed by atoms with Gasteiger partial charge >= 0.3 is 5.97 Å². The molecule has 2 aromatic rings. The number of fused-ring (bicyclic) bond motifs is 1. The number of carbonyl (C=O) groups is 1. The van der Waals surface area contributed by atoms with Gasteiger partial charge in [-0.3, -0.25) is 9.78 Å². The Morgan fingerprint density at radius 3 is 2.53 bits per heavy atom. The standard InChI is InChI=1S/C29H38N2O3/c1-7-9-10-11-12-21-16-26-25(28(3,4)20-29(5,6)34-26)15-22(21)13-14-23-18-31-24(19-30-23)17-27(32)33-8-2/h15-16,18-19H,7-12,17,20H2,1-6H3. The van der Waals surface area contributed by atoms with E-state index in [0.29, 0.717) is 18.0 Å². The van der Waals surface area contributed by atoms with Gasteiger partial charge in [0.15, 0.2) is 0 Å². The smallest absolute Gasteiger partial charge is 0.311 e. The first kappa shape index (κ1) is 25.7. The first-order chi connectivity index (χ1) is 16.1. The Labute approximate surface area is 204 Å². The Bertz CT molecular complexity index is 1060. The molecule has 1 aromatic carbocycles. The number of aryl methyl sites for hydroxylation is 1. The summed E-state index contributed by atoms with van der Waals surface area (Å²) >= 11 is 0. The van der Waals surface area contributed by atoms with E-state index in [4.69, 9.17) is 9.47 Å². The van der Waals surface area contributed by atoms with Crippen LogP contribution in [0.3, 0.4) is 0 Å². The SMILES string of the molecule is CCCCCCc1cc2c(cc1C#Cc1cnc(CC(=O)OCC)cn1)C(C)(C)CC(C)(C)O2. The molecule has 0 bridgehead atoms. The highest BCUT2D eigenvalue weighted by atomic mass is 16.5. The van der Waals surface area contributed by atoms with Crippen molar-refractivity contribution >= 4 is 5.97 Å². The van der Waals surface area contributed by atoms with Crippen LogP contribution in [0.15, 0.2) is 24.5 Å². The predicted octanol–water partition coefficient (Wildman–Crippen LogP) is 5.94. The van der Waals surface area contributed by atoms with E-state index < -0.39 is 0 Å². The van der Waals surface area contributed by atoms with Gasteiger partial charge in [0.25, 0.3) is 0 Å². The van der Waals surface area contributed by atoms with Gasteiger partial charge in [0.05, 0.1) is 31.1 Å². The number of hydrogen-bond acceptors (Lipinski definition) is 5. The molecule has 1 aliphatic heterocycles. The lowest BCUT2D eigenvalue weighted by molar-refractivity contribution is -0.142. The second kappa shape index (κ2) is 11.0. The summed E-state index contributed by atoms with van der Waals surface area (Å²) in [5.41, 5.74) is 4.44. The molecule has 34 heavy (non-hydrogen) atoms. The van der Waals surface area contributed by atoms with Crippen LogP contribution in [0.25, 0.3) is 0 Å². The molecule has 0 N–H and O–H groups in total. The van der Waals surface area contributed by atoms with Crippen LogP contribution in [0, 0.1) is 11.8 Å². The molecule has 1 aliphatic rings. The summed E-state index contributed by atoms with van der Waals surface area (Å²) in [4.78, 5) is 20.4. The molecule has 0 fully saturated rings. The Morgan fingerprint density at radius 1 is 1.06 bits per heavy atom. The fraction of sp³-hybridized carbons (Fsp3) is 0.552. The van der Waals surface area contributed by atoms with Gasteiger partial charge in [0.1, 0.15) is 17.0 Å². The molecule has 0 saturated carbocycles. The van der Waals surface area contributed by atoms with Gasteiger partial charge in [-0.25, -0.2) is 4.98 Å². The third kappa shape index (κ3) is 6.82. The molecule has 0 saturated heterocycles. The molecular formula is C29H38N2O3. The van der Waals surface area contributed by atoms with E-state index in [1.165, 1.54) is 30.4 Å². The van der Waals surface area contributed by atoms with Crippen LogP contribution < -0.4 is 4.74 Å². The van der Waals surface area contributed by atoms with E-state index in [1.807, 2.05) is 0 Å². The number of ether oxygens (including phenoxy) is 2. The zero-order valence-electron chi connectivity index (χ0n) is 21.6. The molecule has 0 unspecified atom stereocenters. The number of nitrogens with zero attached hydrogens (tertiary/aromatic N) is 2. The molecular weight excluding hydrogens is 424 g/mol. The van der Waals surface area contributed by atoms with E-state index in [9.17, 15) is 4.79 Å². The molecule has 0 radical (unpaired) electrons. The molecule has 182 valence electrons. The quantitative estimate of drug-likeness (QED) is 0.276. The fourth-order valence-corrected chi connectivity index (χ4v) is 4.80. The summed E-state index contributed by atoms with van der Waals surface area (Å²) in [5, 5.41) is 0. The summed E-state index contributed by atoms with van der Waals surface area (Å²) in [6.07, 6.45) is 10.1. The van der Waals surface area contributed by atoms with Crippen molar-refractivity contribution in [1.29, 1.82) is 0 Å². The predicted molar refractivity (Wildman–Crippen MR) is 135 cm³/mol. The normalized spacial score (nSPS) is 15.5. The molecule has 0 atom stereocenters. The van der Waals surface area contributed by atoms with Crippen LogP contribution in [0.1, 0.15) is 102 Å². The lowest BCUT2D eigenvalue weighted by atomic mass is 9.73. The molecule has 1 aromatic heterocycles. The highest BCUT2D eigenvalue weighted by Crippen LogP contribution is 2.45. The monoisotopic (exact) mass is 462 g/mol. The minimum absolute atomic E-state index is 0.00278. The zero-order chi connectivity index (χ0) is 24.8. The first-order valence-corrected chi connectivity index (χ1v) is 12.5. The van der Waals surface area contributed by atoms with Crippen molar-refractivity contribution in [2.75, 3.05) is 6.61 Å². The van der Waals surface area contributed by atoms with Crippen molar-refractivity contribution in [3.63, 3.8) is 0 Å². The maximum absolute atomic E-state index is 11.7. The second-order valence-electron chi connectivity index (χ2n) is 10.4. The van der Waals surface area contributed by atoms with Crippen molar-refractivity contribution in [1.82, 2.24) is 9.97 Å². The number of hydrogen-bond donors (Lipinski definition) is 0. The van der Waals surface area contributed by atoms with Gasteiger partial charge in [-0.1, -0.05) is 46.0 Å². The molecule has 0 amide bonds. The molecule has 2 heterocycles. The topological polar surface area (TPSA) is 61.3 Å². The van der Waals surface area contributed by atoms with Gasteiger partial charge in [-0.2, -0.15) is 0 Å². The Morgan fingerprint density at radius 2 is 1.85 bits per heavy atom. The van der Waals surface area contributed by atoms with Crippen molar-refractivity contribution in [2.24, 2.45) is 0 Å². The van der Waals surface area contributed by atoms with Crippen LogP contribution in [0.2, 0.25) is 0 Å². The van der Waals surface area contributed by atoms with Gasteiger partial charge < -0.3 is 9.47 Å². The van der Waals surface area contributed by atoms with Crippen LogP contribution in [-0.4, -0.2) is 28.1 Å². The zero-order valence-corrected chi connectivity index (χ0v) is 21.6. The summed E-state index contributed by atoms with van der Waals surface area (Å²) < 4.78 is 11.4. The van der Waals surface area contributed by atoms with Crippen LogP contribution >= 0.6 is 0 Å². The van der Waals surface area contributed by atoms with Gasteiger partial charge in [-0.05, 0) is 69.1 Å². The number of aromatic nitrogens is 2. The lowest BCUT2D eigenvalue weighted by Crippen LogP contribution is -2.41. The van der Waals surface area contributed by atoms with Crippen molar-refractivity contribution < 1.29 is 14.3 Å². The van der Waals surface area contributed by atoms with E-state index in [1.54, 1.807) is 19.3 Å². The number of carbonyl (C=O) groups excluding carboxylic acids is 1. The largest absolute Gasteiger partial charge is 0.488 e. The highest BCUT2D eigenvalue weighted by Gasteiger charge is 2.39. The fourth-order valence-electron chi connectivity index (χ4n) is 4.80. The summed E-state index contributed by atoms with van der Waals surface area (Å²) in [6, 6.07) is 4.43. The van der Waals surface area contributed by atoms with Crippen LogP contribution in [0.4, 0.5) is 0 Å². The maximum atomic E-state index is 11.7. The van der Waals surface area contributed by atoms with Crippen LogP contribution in [-0.2, 0) is 27.8 Å². The second-order valence-corrected chi connectivity index (χ2v) is 10.4. The Hall–Kier alpha value is -2.87. The lowest BCUT2D eigenvalue weighted by Gasteiger charge is -2.42. The minimum Gasteiger partial charge on any atom is -0.488 e. The minimum atomic E-state index is -0.301. The number of benzene rings is 1. The number of rotatable bonds is 8. The van der Waals surface area contributed by atoms with E-state index in [-0.39, 0.29) is 23.4 Å². The Balaban J connectivity index is 1.89. The van der Waals surface area contributed by atoms with Gasteiger partial charge in [0, 0.05) is 11.1 Å². The van der Waals surface area contributed by atoms with Crippen molar-refractivity contribution in [2.45, 2.75) is 97.5 Å². The third-order valence-corrected chi connectivity index (χ3v) is 6.15. The van der Waals surface area contributed by atoms with E-state index in [0.717, 1.165) is 30.6 Å². The molecule has 3 rings (SSSR count). The van der Waals surface area contributed by atoms with Crippen LogP contribution in [0.5, 0.6) is 5.75 Å². The van der Waals surface area contributed by atoms with E-state index in [2.05, 4.69) is 68.6 Å². The van der Waals surface area contributed by atoms with Gasteiger partial charge in [-0.15, -0.1) is 0 Å². The average molecular weight is 463 g/mol. The number of esters is 1. The summed E-state index contributed by atoms with van der Waals surface area (Å²) in [5.74, 6) is 7.22. The molecule has 0 aliphatic carbocycles. The number of unbranched alkanes of at least 4 members (excludes halogenated alkanes) is 3. The average Bonchev–Trinajstić information content (AvgIpc) is 2.75. The van der Waals surface area contributed by atoms with Crippen molar-refractivity contribution in [3.8, 4) is 17.6 Å². The molecule has 5 heteroatoms. The maximum Gasteiger partial charge on any atom is 0.311 e. The Kier molecular flexibility index (Phi) is 8.36. The third-order valence-electron chi connectivity index (χ3n) is 6.15.